The molecule has 2 aliphatic heterocycles. The zero-order chi connectivity index (χ0) is 20.3. The lowest BCUT2D eigenvalue weighted by molar-refractivity contribution is 0.0582. The second-order valence-electron chi connectivity index (χ2n) is 8.86. The van der Waals surface area contributed by atoms with Gasteiger partial charge in [0.25, 0.3) is 5.91 Å². The van der Waals surface area contributed by atoms with E-state index in [1.54, 1.807) is 5.38 Å². The molecule has 6 nitrogen and oxygen atoms in total. The topological polar surface area (TPSA) is 58.6 Å². The molecule has 0 bridgehead atoms. The Labute approximate surface area is 177 Å². The fraction of sp³-hybridized carbons (Fsp3) is 0.591. The molecule has 2 aliphatic rings. The van der Waals surface area contributed by atoms with E-state index in [0.717, 1.165) is 57.9 Å². The molecule has 2 fully saturated rings. The summed E-state index contributed by atoms with van der Waals surface area (Å²) in [5.74, 6) is 1.56. The van der Waals surface area contributed by atoms with Crippen molar-refractivity contribution in [3.63, 3.8) is 0 Å². The van der Waals surface area contributed by atoms with Crippen LogP contribution in [0.3, 0.4) is 0 Å². The summed E-state index contributed by atoms with van der Waals surface area (Å²) in [5.41, 5.74) is 2.09. The fourth-order valence-electron chi connectivity index (χ4n) is 4.45. The predicted molar refractivity (Wildman–Crippen MR) is 114 cm³/mol. The molecule has 2 aromatic rings. The largest absolute Gasteiger partial charge is 0.493 e. The van der Waals surface area contributed by atoms with Gasteiger partial charge in [0.05, 0.1) is 6.61 Å². The monoisotopic (exact) mass is 414 g/mol. The summed E-state index contributed by atoms with van der Waals surface area (Å²) in [5, 5.41) is 5.67. The van der Waals surface area contributed by atoms with Crippen molar-refractivity contribution in [2.24, 2.45) is 11.3 Å². The highest BCUT2D eigenvalue weighted by atomic mass is 32.1. The van der Waals surface area contributed by atoms with Crippen molar-refractivity contribution in [3.05, 3.63) is 40.9 Å². The number of para-hydroxylation sites is 1. The molecule has 1 aromatic heterocycles. The number of ether oxygens (including phenoxy) is 1. The second-order valence-corrected chi connectivity index (χ2v) is 9.47. The van der Waals surface area contributed by atoms with Crippen molar-refractivity contribution in [3.8, 4) is 5.75 Å². The Morgan fingerprint density at radius 2 is 1.97 bits per heavy atom. The van der Waals surface area contributed by atoms with Crippen LogP contribution in [0.4, 0.5) is 0 Å². The van der Waals surface area contributed by atoms with Crippen LogP contribution in [0.15, 0.2) is 29.6 Å². The molecule has 3 heterocycles. The first kappa shape index (κ1) is 20.3. The van der Waals surface area contributed by atoms with E-state index in [-0.39, 0.29) is 5.91 Å². The van der Waals surface area contributed by atoms with E-state index in [4.69, 9.17) is 4.74 Å². The zero-order valence-corrected chi connectivity index (χ0v) is 18.2. The number of hydrogen-bond donors (Lipinski definition) is 0. The number of hydrogen-bond acceptors (Lipinski definition) is 6. The Hall–Kier alpha value is -1.99. The standard InChI is InChI=1S/C22H30N4O2S/c1-17(2)14-28-20-6-4-3-5-18(20)13-25-10-7-22(16-25)8-11-26(12-9-22)21(27)19-15-29-24-23-19/h3-6,15,17H,7-14,16H2,1-2H3. The maximum absolute atomic E-state index is 12.5. The summed E-state index contributed by atoms with van der Waals surface area (Å²) >= 11 is 1.23. The number of likely N-dealkylation sites (tertiary alicyclic amines) is 2. The minimum absolute atomic E-state index is 0.0275. The van der Waals surface area contributed by atoms with Crippen molar-refractivity contribution in [1.29, 1.82) is 0 Å². The van der Waals surface area contributed by atoms with Crippen LogP contribution in [0.1, 0.15) is 49.2 Å². The first-order valence-corrected chi connectivity index (χ1v) is 11.4. The molecule has 29 heavy (non-hydrogen) atoms. The van der Waals surface area contributed by atoms with E-state index in [2.05, 4.69) is 52.6 Å². The number of aromatic nitrogens is 2. The molecule has 0 radical (unpaired) electrons. The predicted octanol–water partition coefficient (Wildman–Crippen LogP) is 3.70. The van der Waals surface area contributed by atoms with Crippen molar-refractivity contribution >= 4 is 17.4 Å². The van der Waals surface area contributed by atoms with Crippen molar-refractivity contribution < 1.29 is 9.53 Å². The molecule has 4 rings (SSSR count). The highest BCUT2D eigenvalue weighted by Crippen LogP contribution is 2.41. The summed E-state index contributed by atoms with van der Waals surface area (Å²) in [6.45, 7) is 9.89. The van der Waals surface area contributed by atoms with Gasteiger partial charge in [0, 0.05) is 37.1 Å². The minimum Gasteiger partial charge on any atom is -0.493 e. The first-order valence-electron chi connectivity index (χ1n) is 10.5. The molecule has 0 unspecified atom stereocenters. The minimum atomic E-state index is 0.0275. The second kappa shape index (κ2) is 8.79. The number of rotatable bonds is 6. The van der Waals surface area contributed by atoms with Gasteiger partial charge in [-0.2, -0.15) is 0 Å². The molecular weight excluding hydrogens is 384 g/mol. The van der Waals surface area contributed by atoms with E-state index < -0.39 is 0 Å². The van der Waals surface area contributed by atoms with Crippen molar-refractivity contribution in [2.75, 3.05) is 32.8 Å². The number of amides is 1. The van der Waals surface area contributed by atoms with Gasteiger partial charge in [-0.15, -0.1) is 5.10 Å². The van der Waals surface area contributed by atoms with Gasteiger partial charge < -0.3 is 9.64 Å². The quantitative estimate of drug-likeness (QED) is 0.721. The number of carbonyl (C=O) groups is 1. The van der Waals surface area contributed by atoms with E-state index >= 15 is 0 Å². The van der Waals surface area contributed by atoms with E-state index in [1.165, 1.54) is 23.5 Å². The zero-order valence-electron chi connectivity index (χ0n) is 17.3. The van der Waals surface area contributed by atoms with Gasteiger partial charge in [-0.25, -0.2) is 0 Å². The third-order valence-corrected chi connectivity index (χ3v) is 6.65. The van der Waals surface area contributed by atoms with E-state index in [0.29, 0.717) is 17.0 Å². The van der Waals surface area contributed by atoms with Gasteiger partial charge >= 0.3 is 0 Å². The van der Waals surface area contributed by atoms with Crippen LogP contribution in [0, 0.1) is 11.3 Å². The van der Waals surface area contributed by atoms with Gasteiger partial charge in [-0.1, -0.05) is 36.5 Å². The lowest BCUT2D eigenvalue weighted by Crippen LogP contribution is -2.44. The number of carbonyl (C=O) groups excluding carboxylic acids is 1. The highest BCUT2D eigenvalue weighted by Gasteiger charge is 2.41. The van der Waals surface area contributed by atoms with Crippen molar-refractivity contribution in [2.45, 2.75) is 39.7 Å². The van der Waals surface area contributed by atoms with Gasteiger partial charge in [0.15, 0.2) is 5.69 Å². The molecule has 0 atom stereocenters. The molecule has 2 saturated heterocycles. The highest BCUT2D eigenvalue weighted by molar-refractivity contribution is 7.03. The Bertz CT molecular complexity index is 816. The average molecular weight is 415 g/mol. The maximum Gasteiger partial charge on any atom is 0.275 e. The summed E-state index contributed by atoms with van der Waals surface area (Å²) in [6.07, 6.45) is 3.35. The molecule has 1 amide bonds. The van der Waals surface area contributed by atoms with Gasteiger partial charge in [-0.3, -0.25) is 9.69 Å². The third kappa shape index (κ3) is 4.78. The third-order valence-electron chi connectivity index (χ3n) is 6.15. The smallest absolute Gasteiger partial charge is 0.275 e. The SMILES string of the molecule is CC(C)COc1ccccc1CN1CCC2(CCN(C(=O)c3csnn3)CC2)C1. The molecule has 1 spiro atoms. The lowest BCUT2D eigenvalue weighted by atomic mass is 9.77. The average Bonchev–Trinajstić information content (AvgIpc) is 3.38. The van der Waals surface area contributed by atoms with Crippen LogP contribution < -0.4 is 4.74 Å². The number of piperidine rings is 1. The maximum atomic E-state index is 12.5. The Morgan fingerprint density at radius 3 is 2.69 bits per heavy atom. The van der Waals surface area contributed by atoms with Crippen LogP contribution in [0.2, 0.25) is 0 Å². The Balaban J connectivity index is 1.33. The number of nitrogens with zero attached hydrogens (tertiary/aromatic N) is 4. The summed E-state index contributed by atoms with van der Waals surface area (Å²) < 4.78 is 9.86. The van der Waals surface area contributed by atoms with Gasteiger partial charge in [-0.05, 0) is 54.7 Å². The van der Waals surface area contributed by atoms with Crippen LogP contribution in [0.25, 0.3) is 0 Å². The normalized spacial score (nSPS) is 19.2. The van der Waals surface area contributed by atoms with Gasteiger partial charge in [0.2, 0.25) is 0 Å². The molecule has 1 aromatic carbocycles. The van der Waals surface area contributed by atoms with Crippen LogP contribution >= 0.6 is 11.5 Å². The molecule has 156 valence electrons. The summed E-state index contributed by atoms with van der Waals surface area (Å²) in [4.78, 5) is 17.0. The fourth-order valence-corrected chi connectivity index (χ4v) is 4.88. The first-order chi connectivity index (χ1) is 14.0. The van der Waals surface area contributed by atoms with Crippen LogP contribution in [0.5, 0.6) is 5.75 Å². The molecule has 0 saturated carbocycles. The molecule has 7 heteroatoms. The molecular formula is C22H30N4O2S. The summed E-state index contributed by atoms with van der Waals surface area (Å²) in [6, 6.07) is 8.42. The molecule has 0 N–H and O–H groups in total. The van der Waals surface area contributed by atoms with Crippen LogP contribution in [-0.2, 0) is 6.54 Å². The van der Waals surface area contributed by atoms with Crippen LogP contribution in [-0.4, -0.2) is 58.1 Å². The van der Waals surface area contributed by atoms with E-state index in [1.807, 2.05) is 4.90 Å². The number of benzene rings is 1. The Morgan fingerprint density at radius 1 is 1.21 bits per heavy atom. The van der Waals surface area contributed by atoms with Gasteiger partial charge in [0.1, 0.15) is 5.75 Å². The lowest BCUT2D eigenvalue weighted by Gasteiger charge is -2.39. The molecule has 0 aliphatic carbocycles. The van der Waals surface area contributed by atoms with E-state index in [9.17, 15) is 4.79 Å². The van der Waals surface area contributed by atoms with Crippen molar-refractivity contribution in [1.82, 2.24) is 19.4 Å². The Kier molecular flexibility index (Phi) is 6.15. The summed E-state index contributed by atoms with van der Waals surface area (Å²) in [7, 11) is 0.